The van der Waals surface area contributed by atoms with Crippen LogP contribution in [0.2, 0.25) is 0 Å². The molecule has 26 heavy (non-hydrogen) atoms. The Kier molecular flexibility index (Phi) is 3.95. The monoisotopic (exact) mass is 353 g/mol. The van der Waals surface area contributed by atoms with E-state index in [4.69, 9.17) is 0 Å². The lowest BCUT2D eigenvalue weighted by Gasteiger charge is -2.47. The second kappa shape index (κ2) is 6.06. The minimum absolute atomic E-state index is 0.00369. The maximum atomic E-state index is 12.6. The van der Waals surface area contributed by atoms with Crippen molar-refractivity contribution < 1.29 is 14.7 Å². The molecule has 1 saturated carbocycles. The van der Waals surface area contributed by atoms with Gasteiger partial charge in [-0.15, -0.1) is 0 Å². The van der Waals surface area contributed by atoms with E-state index in [9.17, 15) is 14.7 Å². The fourth-order valence-electron chi connectivity index (χ4n) is 3.71. The molecule has 1 aromatic heterocycles. The van der Waals surface area contributed by atoms with Crippen molar-refractivity contribution in [2.75, 3.05) is 19.6 Å². The number of fused-ring (bicyclic) bond motifs is 1. The Morgan fingerprint density at radius 1 is 1.23 bits per heavy atom. The third-order valence-corrected chi connectivity index (χ3v) is 5.73. The van der Waals surface area contributed by atoms with Gasteiger partial charge in [0.25, 0.3) is 5.91 Å². The molecule has 1 saturated heterocycles. The van der Waals surface area contributed by atoms with Crippen LogP contribution in [0, 0.1) is 5.41 Å². The topological polar surface area (TPSA) is 82.5 Å². The van der Waals surface area contributed by atoms with Gasteiger partial charge in [-0.05, 0) is 36.4 Å². The van der Waals surface area contributed by atoms with E-state index in [-0.39, 0.29) is 36.9 Å². The van der Waals surface area contributed by atoms with Crippen molar-refractivity contribution in [3.8, 4) is 0 Å². The summed E-state index contributed by atoms with van der Waals surface area (Å²) in [4.78, 5) is 30.5. The van der Waals surface area contributed by atoms with Gasteiger partial charge in [-0.25, -0.2) is 0 Å². The number of carbonyl (C=O) groups is 2. The molecule has 4 rings (SSSR count). The van der Waals surface area contributed by atoms with Crippen molar-refractivity contribution in [2.45, 2.75) is 31.8 Å². The molecule has 0 atom stereocenters. The van der Waals surface area contributed by atoms with Crippen LogP contribution >= 0.6 is 0 Å². The molecule has 2 N–H and O–H groups in total. The van der Waals surface area contributed by atoms with Gasteiger partial charge in [0.15, 0.2) is 0 Å². The van der Waals surface area contributed by atoms with Crippen molar-refractivity contribution in [2.24, 2.45) is 5.41 Å². The van der Waals surface area contributed by atoms with E-state index in [2.05, 4.69) is 10.3 Å². The van der Waals surface area contributed by atoms with E-state index in [0.29, 0.717) is 5.56 Å². The lowest BCUT2D eigenvalue weighted by Crippen LogP contribution is -2.68. The molecular weight excluding hydrogens is 330 g/mol. The van der Waals surface area contributed by atoms with Crippen LogP contribution in [0.25, 0.3) is 10.8 Å². The highest BCUT2D eigenvalue weighted by atomic mass is 16.3. The number of aliphatic hydroxyl groups is 1. The Bertz CT molecular complexity index is 869. The molecule has 136 valence electrons. The third-order valence-electron chi connectivity index (χ3n) is 5.73. The van der Waals surface area contributed by atoms with Crippen LogP contribution in [-0.2, 0) is 4.79 Å². The maximum Gasteiger partial charge on any atom is 0.254 e. The summed E-state index contributed by atoms with van der Waals surface area (Å²) in [6.07, 6.45) is 6.34. The van der Waals surface area contributed by atoms with Crippen molar-refractivity contribution in [3.63, 3.8) is 0 Å². The minimum atomic E-state index is -1.04. The fourth-order valence-corrected chi connectivity index (χ4v) is 3.71. The number of nitrogens with one attached hydrogen (secondary N) is 1. The Morgan fingerprint density at radius 3 is 2.69 bits per heavy atom. The number of rotatable bonds is 4. The van der Waals surface area contributed by atoms with Gasteiger partial charge < -0.3 is 15.3 Å². The number of aromatic nitrogens is 1. The summed E-state index contributed by atoms with van der Waals surface area (Å²) in [6, 6.07) is 7.41. The second-order valence-corrected chi connectivity index (χ2v) is 7.92. The number of carbonyl (C=O) groups excluding carboxylic acids is 2. The van der Waals surface area contributed by atoms with E-state index in [1.54, 1.807) is 23.4 Å². The van der Waals surface area contributed by atoms with E-state index < -0.39 is 5.60 Å². The van der Waals surface area contributed by atoms with Gasteiger partial charge in [0.05, 0.1) is 13.1 Å². The van der Waals surface area contributed by atoms with Crippen LogP contribution in [0.3, 0.4) is 0 Å². The highest BCUT2D eigenvalue weighted by Crippen LogP contribution is 2.40. The van der Waals surface area contributed by atoms with Gasteiger partial charge in [-0.3, -0.25) is 14.6 Å². The largest absolute Gasteiger partial charge is 0.384 e. The van der Waals surface area contributed by atoms with Gasteiger partial charge >= 0.3 is 0 Å². The molecule has 2 aliphatic rings. The van der Waals surface area contributed by atoms with Crippen LogP contribution in [0.1, 0.15) is 36.5 Å². The first-order valence-electron chi connectivity index (χ1n) is 9.02. The predicted octanol–water partition coefficient (Wildman–Crippen LogP) is 1.73. The van der Waals surface area contributed by atoms with Crippen molar-refractivity contribution in [1.82, 2.24) is 15.2 Å². The van der Waals surface area contributed by atoms with Crippen LogP contribution in [0.15, 0.2) is 36.7 Å². The predicted molar refractivity (Wildman–Crippen MR) is 97.6 cm³/mol. The molecule has 0 unspecified atom stereocenters. The molecule has 2 fully saturated rings. The van der Waals surface area contributed by atoms with Crippen molar-refractivity contribution in [1.29, 1.82) is 0 Å². The van der Waals surface area contributed by atoms with Crippen LogP contribution < -0.4 is 5.32 Å². The molecule has 0 spiro atoms. The van der Waals surface area contributed by atoms with Gasteiger partial charge in [-0.2, -0.15) is 0 Å². The Labute approximate surface area is 152 Å². The standard InChI is InChI=1S/C20H23N3O3/c1-19(6-2-7-19)18(25)22-11-20(26)12-23(13-20)17(24)15-4-3-14-5-8-21-10-16(14)9-15/h3-5,8-10,26H,2,6-7,11-13H2,1H3,(H,22,25). The molecule has 6 heteroatoms. The fraction of sp³-hybridized carbons (Fsp3) is 0.450. The van der Waals surface area contributed by atoms with E-state index in [1.165, 1.54) is 0 Å². The zero-order valence-electron chi connectivity index (χ0n) is 14.9. The van der Waals surface area contributed by atoms with Crippen molar-refractivity contribution in [3.05, 3.63) is 42.2 Å². The molecule has 1 aromatic carbocycles. The lowest BCUT2D eigenvalue weighted by molar-refractivity contribution is -0.138. The SMILES string of the molecule is CC1(C(=O)NCC2(O)CN(C(=O)c3ccc4ccncc4c3)C2)CCC1. The Hall–Kier alpha value is -2.47. The minimum Gasteiger partial charge on any atom is -0.384 e. The molecule has 1 aliphatic heterocycles. The Morgan fingerprint density at radius 2 is 2.00 bits per heavy atom. The number of nitrogens with zero attached hydrogens (tertiary/aromatic N) is 2. The van der Waals surface area contributed by atoms with Gasteiger partial charge in [-0.1, -0.05) is 19.4 Å². The summed E-state index contributed by atoms with van der Waals surface area (Å²) >= 11 is 0. The highest BCUT2D eigenvalue weighted by molar-refractivity contribution is 5.99. The summed E-state index contributed by atoms with van der Waals surface area (Å²) in [5.41, 5.74) is -0.739. The molecule has 0 radical (unpaired) electrons. The highest BCUT2D eigenvalue weighted by Gasteiger charge is 2.46. The molecular formula is C20H23N3O3. The first kappa shape index (κ1) is 17.0. The quantitative estimate of drug-likeness (QED) is 0.877. The molecule has 1 aliphatic carbocycles. The zero-order chi connectivity index (χ0) is 18.4. The molecule has 6 nitrogen and oxygen atoms in total. The van der Waals surface area contributed by atoms with Crippen LogP contribution in [0.5, 0.6) is 0 Å². The zero-order valence-corrected chi connectivity index (χ0v) is 14.9. The second-order valence-electron chi connectivity index (χ2n) is 7.92. The van der Waals surface area contributed by atoms with Gasteiger partial charge in [0, 0.05) is 35.3 Å². The number of pyridine rings is 1. The summed E-state index contributed by atoms with van der Waals surface area (Å²) in [7, 11) is 0. The maximum absolute atomic E-state index is 12.6. The lowest BCUT2D eigenvalue weighted by atomic mass is 9.70. The summed E-state index contributed by atoms with van der Waals surface area (Å²) in [6.45, 7) is 2.61. The third kappa shape index (κ3) is 2.94. The van der Waals surface area contributed by atoms with Crippen LogP contribution in [0.4, 0.5) is 0 Å². The van der Waals surface area contributed by atoms with Gasteiger partial charge in [0.2, 0.25) is 5.91 Å². The van der Waals surface area contributed by atoms with E-state index in [1.807, 2.05) is 25.1 Å². The van der Waals surface area contributed by atoms with E-state index in [0.717, 1.165) is 30.0 Å². The number of hydrogen-bond acceptors (Lipinski definition) is 4. The summed E-state index contributed by atoms with van der Waals surface area (Å²) < 4.78 is 0. The molecule has 0 bridgehead atoms. The number of amides is 2. The average molecular weight is 353 g/mol. The van der Waals surface area contributed by atoms with Crippen LogP contribution in [-0.4, -0.2) is 52.0 Å². The average Bonchev–Trinajstić information content (AvgIpc) is 2.60. The number of likely N-dealkylation sites (tertiary alicyclic amines) is 1. The smallest absolute Gasteiger partial charge is 0.254 e. The number of hydrogen-bond donors (Lipinski definition) is 2. The van der Waals surface area contributed by atoms with Gasteiger partial charge in [0.1, 0.15) is 5.60 Å². The Balaban J connectivity index is 1.35. The normalized spacial score (nSPS) is 20.2. The number of benzene rings is 1. The summed E-state index contributed by atoms with van der Waals surface area (Å²) in [5, 5.41) is 15.3. The molecule has 2 aromatic rings. The first-order chi connectivity index (χ1) is 12.4. The summed E-state index contributed by atoms with van der Waals surface area (Å²) in [5.74, 6) is -0.110. The van der Waals surface area contributed by atoms with E-state index >= 15 is 0 Å². The van der Waals surface area contributed by atoms with Crippen molar-refractivity contribution >= 4 is 22.6 Å². The molecule has 2 amide bonds. The number of β-amino-alcohol motifs (C(OH)–C–C–N with tert-alkyl or cyclic N) is 1. The molecule has 2 heterocycles. The first-order valence-corrected chi connectivity index (χ1v) is 9.02.